The van der Waals surface area contributed by atoms with Gasteiger partial charge in [-0.05, 0) is 82.1 Å². The van der Waals surface area contributed by atoms with Crippen molar-refractivity contribution in [2.75, 3.05) is 0 Å². The molecule has 2 aromatic rings. The Kier molecular flexibility index (Phi) is 3.97. The number of H-pyrrole nitrogens is 1. The zero-order chi connectivity index (χ0) is 18.9. The molecular formula is C21H26N2O3S. The van der Waals surface area contributed by atoms with E-state index in [1.165, 1.54) is 43.4 Å². The Hall–Kier alpha value is -1.69. The molecule has 4 aliphatic rings. The maximum atomic E-state index is 13.0. The van der Waals surface area contributed by atoms with Gasteiger partial charge in [0.15, 0.2) is 11.9 Å². The summed E-state index contributed by atoms with van der Waals surface area (Å²) in [5.74, 6) is 3.07. The number of esters is 1. The van der Waals surface area contributed by atoms with Crippen molar-refractivity contribution in [3.05, 3.63) is 26.6 Å². The van der Waals surface area contributed by atoms with Crippen LogP contribution in [0, 0.1) is 43.4 Å². The number of aromatic amines is 1. The summed E-state index contributed by atoms with van der Waals surface area (Å²) in [7, 11) is 0. The number of nitrogens with one attached hydrogen (secondary N) is 1. The number of aryl methyl sites for hydroxylation is 2. The third kappa shape index (κ3) is 2.75. The molecule has 1 N–H and O–H groups in total. The van der Waals surface area contributed by atoms with Crippen molar-refractivity contribution in [2.24, 2.45) is 29.6 Å². The lowest BCUT2D eigenvalue weighted by molar-refractivity contribution is -0.167. The Bertz CT molecular complexity index is 948. The van der Waals surface area contributed by atoms with Crippen molar-refractivity contribution >= 4 is 27.5 Å². The molecule has 4 fully saturated rings. The lowest BCUT2D eigenvalue weighted by Crippen LogP contribution is -2.48. The number of thiophene rings is 1. The van der Waals surface area contributed by atoms with E-state index in [9.17, 15) is 9.59 Å². The normalized spacial score (nSPS) is 32.8. The number of carbonyl (C=O) groups excluding carboxylic acids is 1. The van der Waals surface area contributed by atoms with E-state index in [0.717, 1.165) is 27.1 Å². The van der Waals surface area contributed by atoms with Crippen LogP contribution in [0.5, 0.6) is 0 Å². The van der Waals surface area contributed by atoms with Crippen LogP contribution in [0.2, 0.25) is 0 Å². The Morgan fingerprint density at radius 1 is 1.15 bits per heavy atom. The van der Waals surface area contributed by atoms with Gasteiger partial charge in [-0.1, -0.05) is 0 Å². The fourth-order valence-electron chi connectivity index (χ4n) is 6.08. The fraction of sp³-hybridized carbons (Fsp3) is 0.667. The first kappa shape index (κ1) is 17.4. The summed E-state index contributed by atoms with van der Waals surface area (Å²) in [4.78, 5) is 34.7. The second kappa shape index (κ2) is 6.16. The molecule has 0 aromatic carbocycles. The fourth-order valence-corrected chi connectivity index (χ4v) is 7.12. The largest absolute Gasteiger partial charge is 0.454 e. The van der Waals surface area contributed by atoms with Gasteiger partial charge in [-0.3, -0.25) is 9.59 Å². The van der Waals surface area contributed by atoms with Crippen LogP contribution >= 0.6 is 11.3 Å². The summed E-state index contributed by atoms with van der Waals surface area (Å²) < 4.78 is 5.84. The third-order valence-electron chi connectivity index (χ3n) is 7.23. The minimum Gasteiger partial charge on any atom is -0.454 e. The molecule has 5 nitrogen and oxygen atoms in total. The average molecular weight is 387 g/mol. The Morgan fingerprint density at radius 3 is 2.41 bits per heavy atom. The van der Waals surface area contributed by atoms with E-state index in [4.69, 9.17) is 4.74 Å². The van der Waals surface area contributed by atoms with Gasteiger partial charge >= 0.3 is 5.97 Å². The zero-order valence-corrected chi connectivity index (χ0v) is 16.9. The summed E-state index contributed by atoms with van der Waals surface area (Å²) in [6.07, 6.45) is 5.60. The highest BCUT2D eigenvalue weighted by Gasteiger charge is 2.51. The first-order chi connectivity index (χ1) is 12.9. The molecule has 0 unspecified atom stereocenters. The van der Waals surface area contributed by atoms with Gasteiger partial charge in [0.2, 0.25) is 0 Å². The molecule has 0 saturated heterocycles. The van der Waals surface area contributed by atoms with E-state index < -0.39 is 6.10 Å². The van der Waals surface area contributed by atoms with Gasteiger partial charge in [0.25, 0.3) is 5.56 Å². The second-order valence-corrected chi connectivity index (χ2v) is 10.2. The molecule has 4 saturated carbocycles. The highest BCUT2D eigenvalue weighted by atomic mass is 32.1. The molecule has 2 heterocycles. The van der Waals surface area contributed by atoms with E-state index in [-0.39, 0.29) is 17.4 Å². The Morgan fingerprint density at radius 2 is 1.78 bits per heavy atom. The third-order valence-corrected chi connectivity index (χ3v) is 8.34. The minimum atomic E-state index is -0.533. The standard InChI is InChI=1S/C21H26N2O3S/c1-9-11(3)27-20-16(9)19(24)22-18(23-20)10(2)26-21(25)17-14-5-12-4-13(7-14)8-15(17)6-12/h10,12-15,17H,4-8H2,1-3H3,(H,22,23,24)/t10-,12?,13?,14?,15?,17?/m1/s1. The van der Waals surface area contributed by atoms with Gasteiger partial charge in [0, 0.05) is 4.88 Å². The highest BCUT2D eigenvalue weighted by molar-refractivity contribution is 7.18. The quantitative estimate of drug-likeness (QED) is 0.799. The van der Waals surface area contributed by atoms with Gasteiger partial charge in [-0.2, -0.15) is 0 Å². The van der Waals surface area contributed by atoms with Crippen LogP contribution in [0.1, 0.15) is 61.4 Å². The summed E-state index contributed by atoms with van der Waals surface area (Å²) in [6.45, 7) is 5.75. The first-order valence-corrected chi connectivity index (χ1v) is 10.9. The van der Waals surface area contributed by atoms with E-state index in [2.05, 4.69) is 9.97 Å². The Balaban J connectivity index is 1.37. The highest BCUT2D eigenvalue weighted by Crippen LogP contribution is 2.56. The maximum Gasteiger partial charge on any atom is 0.310 e. The lowest BCUT2D eigenvalue weighted by atomic mass is 9.52. The van der Waals surface area contributed by atoms with Gasteiger partial charge in [-0.25, -0.2) is 4.98 Å². The molecule has 0 spiro atoms. The van der Waals surface area contributed by atoms with E-state index in [1.54, 1.807) is 0 Å². The molecule has 144 valence electrons. The number of hydrogen-bond donors (Lipinski definition) is 1. The second-order valence-electron chi connectivity index (χ2n) is 8.95. The average Bonchev–Trinajstić information content (AvgIpc) is 2.88. The van der Waals surface area contributed by atoms with Crippen LogP contribution in [0.3, 0.4) is 0 Å². The first-order valence-electron chi connectivity index (χ1n) is 10.1. The summed E-state index contributed by atoms with van der Waals surface area (Å²) in [5, 5.41) is 0.654. The molecule has 0 radical (unpaired) electrons. The van der Waals surface area contributed by atoms with Crippen LogP contribution in [-0.2, 0) is 9.53 Å². The Labute approximate surface area is 162 Å². The number of fused-ring (bicyclic) bond motifs is 1. The number of rotatable bonds is 3. The predicted octanol–water partition coefficient (Wildman–Crippen LogP) is 4.28. The van der Waals surface area contributed by atoms with Crippen LogP contribution in [-0.4, -0.2) is 15.9 Å². The van der Waals surface area contributed by atoms with Crippen molar-refractivity contribution in [3.63, 3.8) is 0 Å². The van der Waals surface area contributed by atoms with Gasteiger partial charge in [0.1, 0.15) is 4.83 Å². The SMILES string of the molecule is Cc1sc2nc([C@@H](C)OC(=O)C3C4CC5CC(C4)CC3C5)[nH]c(=O)c2c1C. The van der Waals surface area contributed by atoms with Crippen molar-refractivity contribution < 1.29 is 9.53 Å². The topological polar surface area (TPSA) is 72.0 Å². The van der Waals surface area contributed by atoms with Crippen molar-refractivity contribution in [2.45, 2.75) is 59.0 Å². The molecule has 2 aromatic heterocycles. The zero-order valence-electron chi connectivity index (χ0n) is 16.1. The molecule has 4 bridgehead atoms. The van der Waals surface area contributed by atoms with Gasteiger partial charge < -0.3 is 9.72 Å². The molecule has 0 amide bonds. The van der Waals surface area contributed by atoms with Gasteiger partial charge in [-0.15, -0.1) is 11.3 Å². The van der Waals surface area contributed by atoms with Crippen LogP contribution in [0.4, 0.5) is 0 Å². The van der Waals surface area contributed by atoms with Crippen molar-refractivity contribution in [3.8, 4) is 0 Å². The molecule has 4 aliphatic carbocycles. The molecular weight excluding hydrogens is 360 g/mol. The smallest absolute Gasteiger partial charge is 0.310 e. The molecule has 6 heteroatoms. The number of aromatic nitrogens is 2. The maximum absolute atomic E-state index is 13.0. The van der Waals surface area contributed by atoms with E-state index >= 15 is 0 Å². The monoisotopic (exact) mass is 386 g/mol. The summed E-state index contributed by atoms with van der Waals surface area (Å²) >= 11 is 1.52. The predicted molar refractivity (Wildman–Crippen MR) is 105 cm³/mol. The lowest BCUT2D eigenvalue weighted by Gasteiger charge is -2.53. The van der Waals surface area contributed by atoms with E-state index in [1.807, 2.05) is 20.8 Å². The van der Waals surface area contributed by atoms with Crippen molar-refractivity contribution in [1.82, 2.24) is 9.97 Å². The molecule has 0 aliphatic heterocycles. The number of nitrogens with zero attached hydrogens (tertiary/aromatic N) is 1. The summed E-state index contributed by atoms with van der Waals surface area (Å²) in [5.41, 5.74) is 0.836. The minimum absolute atomic E-state index is 0.0435. The van der Waals surface area contributed by atoms with Crippen molar-refractivity contribution in [1.29, 1.82) is 0 Å². The summed E-state index contributed by atoms with van der Waals surface area (Å²) in [6, 6.07) is 0. The number of ether oxygens (including phenoxy) is 1. The van der Waals surface area contributed by atoms with Crippen LogP contribution < -0.4 is 5.56 Å². The van der Waals surface area contributed by atoms with E-state index in [0.29, 0.717) is 23.0 Å². The number of carbonyl (C=O) groups is 1. The van der Waals surface area contributed by atoms with Gasteiger partial charge in [0.05, 0.1) is 11.3 Å². The molecule has 27 heavy (non-hydrogen) atoms. The number of hydrogen-bond acceptors (Lipinski definition) is 5. The van der Waals surface area contributed by atoms with Crippen LogP contribution in [0.25, 0.3) is 10.2 Å². The molecule has 1 atom stereocenters. The van der Waals surface area contributed by atoms with Crippen LogP contribution in [0.15, 0.2) is 4.79 Å². The molecule has 6 rings (SSSR count).